The lowest BCUT2D eigenvalue weighted by atomic mass is 10.0. The molecule has 0 saturated carbocycles. The first-order valence-electron chi connectivity index (χ1n) is 10.1. The van der Waals surface area contributed by atoms with Gasteiger partial charge in [-0.25, -0.2) is 0 Å². The number of anilines is 1. The molecular formula is C23H24N4O3S. The summed E-state index contributed by atoms with van der Waals surface area (Å²) in [7, 11) is 3.50. The van der Waals surface area contributed by atoms with Crippen molar-refractivity contribution in [2.75, 3.05) is 18.6 Å². The van der Waals surface area contributed by atoms with Crippen LogP contribution in [-0.4, -0.2) is 45.4 Å². The molecule has 0 N–H and O–H groups in total. The quantitative estimate of drug-likeness (QED) is 0.433. The van der Waals surface area contributed by atoms with E-state index in [0.29, 0.717) is 23.1 Å². The number of Topliss-reactive ketones (excluding diaryl/α,β-unsaturated/α-hetero) is 1. The lowest BCUT2D eigenvalue weighted by molar-refractivity contribution is -0.116. The molecule has 1 unspecified atom stereocenters. The molecule has 160 valence electrons. The summed E-state index contributed by atoms with van der Waals surface area (Å²) in [5, 5.41) is 8.93. The van der Waals surface area contributed by atoms with E-state index in [2.05, 4.69) is 10.2 Å². The number of carbonyl (C=O) groups excluding carboxylic acids is 2. The number of benzene rings is 2. The summed E-state index contributed by atoms with van der Waals surface area (Å²) in [5.74, 6) is 1.45. The Morgan fingerprint density at radius 3 is 2.68 bits per heavy atom. The molecule has 0 bridgehead atoms. The first-order valence-corrected chi connectivity index (χ1v) is 10.9. The number of ether oxygens (including phenoxy) is 1. The van der Waals surface area contributed by atoms with Gasteiger partial charge in [0.15, 0.2) is 16.8 Å². The second-order valence-corrected chi connectivity index (χ2v) is 8.76. The average Bonchev–Trinajstić information content (AvgIpc) is 3.36. The lowest BCUT2D eigenvalue weighted by Gasteiger charge is -2.15. The number of hydrogen-bond acceptors (Lipinski definition) is 6. The highest BCUT2D eigenvalue weighted by atomic mass is 32.2. The van der Waals surface area contributed by atoms with Gasteiger partial charge in [-0.15, -0.1) is 10.2 Å². The van der Waals surface area contributed by atoms with Crippen LogP contribution < -0.4 is 9.64 Å². The minimum absolute atomic E-state index is 0.0230. The van der Waals surface area contributed by atoms with Crippen LogP contribution in [0.25, 0.3) is 11.4 Å². The van der Waals surface area contributed by atoms with Crippen LogP contribution in [0.3, 0.4) is 0 Å². The van der Waals surface area contributed by atoms with E-state index >= 15 is 0 Å². The Kier molecular flexibility index (Phi) is 5.82. The average molecular weight is 437 g/mol. The van der Waals surface area contributed by atoms with Crippen molar-refractivity contribution < 1.29 is 14.3 Å². The number of fused-ring (bicyclic) bond motifs is 1. The molecule has 0 saturated heterocycles. The molecule has 1 aliphatic rings. The summed E-state index contributed by atoms with van der Waals surface area (Å²) in [4.78, 5) is 26.6. The number of thioether (sulfide) groups is 1. The molecular weight excluding hydrogens is 412 g/mol. The van der Waals surface area contributed by atoms with Crippen LogP contribution >= 0.6 is 11.8 Å². The molecule has 1 aromatic heterocycles. The van der Waals surface area contributed by atoms with Crippen molar-refractivity contribution in [2.24, 2.45) is 7.05 Å². The maximum atomic E-state index is 13.1. The van der Waals surface area contributed by atoms with Crippen LogP contribution in [0, 0.1) is 0 Å². The fourth-order valence-corrected chi connectivity index (χ4v) is 4.70. The Morgan fingerprint density at radius 2 is 1.94 bits per heavy atom. The molecule has 1 atom stereocenters. The van der Waals surface area contributed by atoms with E-state index in [-0.39, 0.29) is 16.9 Å². The highest BCUT2D eigenvalue weighted by Gasteiger charge is 2.26. The van der Waals surface area contributed by atoms with Crippen LogP contribution in [0.2, 0.25) is 0 Å². The van der Waals surface area contributed by atoms with Crippen molar-refractivity contribution in [2.45, 2.75) is 30.7 Å². The first kappa shape index (κ1) is 21.1. The molecule has 2 heterocycles. The summed E-state index contributed by atoms with van der Waals surface area (Å²) >= 11 is 1.38. The number of hydrogen-bond donors (Lipinski definition) is 0. The summed E-state index contributed by atoms with van der Waals surface area (Å²) < 4.78 is 7.31. The molecule has 4 rings (SSSR count). The van der Waals surface area contributed by atoms with Crippen molar-refractivity contribution in [1.29, 1.82) is 0 Å². The van der Waals surface area contributed by atoms with E-state index < -0.39 is 0 Å². The van der Waals surface area contributed by atoms with Gasteiger partial charge in [0.2, 0.25) is 5.91 Å². The molecule has 8 heteroatoms. The smallest absolute Gasteiger partial charge is 0.223 e. The van der Waals surface area contributed by atoms with Crippen molar-refractivity contribution in [3.63, 3.8) is 0 Å². The minimum atomic E-state index is -0.336. The first-order chi connectivity index (χ1) is 14.9. The summed E-state index contributed by atoms with van der Waals surface area (Å²) in [6.07, 6.45) is 0.767. The van der Waals surface area contributed by atoms with E-state index in [0.717, 1.165) is 29.0 Å². The Labute approximate surface area is 185 Å². The highest BCUT2D eigenvalue weighted by molar-refractivity contribution is 8.00. The zero-order valence-corrected chi connectivity index (χ0v) is 18.8. The second-order valence-electron chi connectivity index (χ2n) is 7.45. The third-order valence-electron chi connectivity index (χ3n) is 5.47. The minimum Gasteiger partial charge on any atom is -0.496 e. The molecule has 0 fully saturated rings. The van der Waals surface area contributed by atoms with Crippen LogP contribution in [0.1, 0.15) is 29.8 Å². The largest absolute Gasteiger partial charge is 0.496 e. The van der Waals surface area contributed by atoms with Crippen molar-refractivity contribution >= 4 is 29.1 Å². The van der Waals surface area contributed by atoms with Gasteiger partial charge in [-0.2, -0.15) is 0 Å². The molecule has 7 nitrogen and oxygen atoms in total. The SMILES string of the molecule is COc1ccccc1-c1nnc(SC(C)C(=O)c2ccc3c(c2)CCN3C(C)=O)n1C. The summed E-state index contributed by atoms with van der Waals surface area (Å²) in [6, 6.07) is 13.2. The van der Waals surface area contributed by atoms with Crippen molar-refractivity contribution in [1.82, 2.24) is 14.8 Å². The number of amides is 1. The number of rotatable bonds is 6. The maximum absolute atomic E-state index is 13.1. The highest BCUT2D eigenvalue weighted by Crippen LogP contribution is 2.33. The van der Waals surface area contributed by atoms with Gasteiger partial charge in [-0.05, 0) is 49.2 Å². The summed E-state index contributed by atoms with van der Waals surface area (Å²) in [5.41, 5.74) is 3.44. The van der Waals surface area contributed by atoms with E-state index in [9.17, 15) is 9.59 Å². The molecule has 0 radical (unpaired) electrons. The van der Waals surface area contributed by atoms with Crippen LogP contribution in [0.4, 0.5) is 5.69 Å². The Bertz CT molecular complexity index is 1160. The van der Waals surface area contributed by atoms with Gasteiger partial charge in [0, 0.05) is 31.8 Å². The molecule has 31 heavy (non-hydrogen) atoms. The van der Waals surface area contributed by atoms with Crippen LogP contribution in [-0.2, 0) is 18.3 Å². The van der Waals surface area contributed by atoms with Crippen molar-refractivity contribution in [3.8, 4) is 17.1 Å². The maximum Gasteiger partial charge on any atom is 0.223 e. The van der Waals surface area contributed by atoms with E-state index in [1.54, 1.807) is 25.0 Å². The van der Waals surface area contributed by atoms with E-state index in [1.807, 2.05) is 54.9 Å². The number of aromatic nitrogens is 3. The van der Waals surface area contributed by atoms with Gasteiger partial charge in [0.25, 0.3) is 0 Å². The number of para-hydroxylation sites is 1. The Balaban J connectivity index is 1.53. The van der Waals surface area contributed by atoms with Gasteiger partial charge in [-0.1, -0.05) is 23.9 Å². The van der Waals surface area contributed by atoms with Crippen LogP contribution in [0.5, 0.6) is 5.75 Å². The third kappa shape index (κ3) is 3.95. The van der Waals surface area contributed by atoms with Gasteiger partial charge in [0.05, 0.1) is 17.9 Å². The molecule has 1 aliphatic heterocycles. The van der Waals surface area contributed by atoms with E-state index in [4.69, 9.17) is 4.74 Å². The van der Waals surface area contributed by atoms with Gasteiger partial charge in [0.1, 0.15) is 5.75 Å². The van der Waals surface area contributed by atoms with Gasteiger partial charge < -0.3 is 14.2 Å². The normalized spacial score (nSPS) is 13.7. The summed E-state index contributed by atoms with van der Waals surface area (Å²) in [6.45, 7) is 4.10. The zero-order valence-electron chi connectivity index (χ0n) is 18.0. The third-order valence-corrected chi connectivity index (χ3v) is 6.61. The van der Waals surface area contributed by atoms with E-state index in [1.165, 1.54) is 11.8 Å². The van der Waals surface area contributed by atoms with Crippen molar-refractivity contribution in [3.05, 3.63) is 53.6 Å². The molecule has 3 aromatic rings. The standard InChI is InChI=1S/C23H24N4O3S/c1-14(21(29)17-9-10-19-16(13-17)11-12-27(19)15(2)28)31-23-25-24-22(26(23)3)18-7-5-6-8-20(18)30-4/h5-10,13-14H,11-12H2,1-4H3. The Morgan fingerprint density at radius 1 is 1.16 bits per heavy atom. The van der Waals surface area contributed by atoms with Gasteiger partial charge >= 0.3 is 0 Å². The number of methoxy groups -OCH3 is 1. The topological polar surface area (TPSA) is 77.3 Å². The fraction of sp³-hybridized carbons (Fsp3) is 0.304. The van der Waals surface area contributed by atoms with Crippen LogP contribution in [0.15, 0.2) is 47.6 Å². The molecule has 0 aliphatic carbocycles. The second kappa shape index (κ2) is 8.55. The predicted molar refractivity (Wildman–Crippen MR) is 121 cm³/mol. The monoisotopic (exact) mass is 436 g/mol. The molecule has 2 aromatic carbocycles. The zero-order chi connectivity index (χ0) is 22.1. The predicted octanol–water partition coefficient (Wildman–Crippen LogP) is 3.76. The number of carbonyl (C=O) groups is 2. The Hall–Kier alpha value is -3.13. The fourth-order valence-electron chi connectivity index (χ4n) is 3.81. The number of ketones is 1. The van der Waals surface area contributed by atoms with Gasteiger partial charge in [-0.3, -0.25) is 9.59 Å². The number of nitrogens with zero attached hydrogens (tertiary/aromatic N) is 4. The molecule has 1 amide bonds. The lowest BCUT2D eigenvalue weighted by Crippen LogP contribution is -2.25. The molecule has 0 spiro atoms.